The molecule has 0 aliphatic rings. The van der Waals surface area contributed by atoms with E-state index in [0.717, 1.165) is 22.1 Å². The molecule has 1 aromatic carbocycles. The van der Waals surface area contributed by atoms with E-state index in [9.17, 15) is 9.59 Å². The molecule has 21 heavy (non-hydrogen) atoms. The number of hydrogen-bond donors (Lipinski definition) is 2. The molecule has 0 aliphatic heterocycles. The van der Waals surface area contributed by atoms with E-state index in [2.05, 4.69) is 5.32 Å². The highest BCUT2D eigenvalue weighted by molar-refractivity contribution is 7.14. The van der Waals surface area contributed by atoms with Crippen molar-refractivity contribution in [3.05, 3.63) is 57.3 Å². The molecule has 0 aliphatic carbocycles. The molecule has 0 spiro atoms. The Labute approximate surface area is 126 Å². The highest BCUT2D eigenvalue weighted by atomic mass is 32.1. The fourth-order valence-corrected chi connectivity index (χ4v) is 2.55. The largest absolute Gasteiger partial charge is 0.478 e. The quantitative estimate of drug-likeness (QED) is 0.846. The Hall–Kier alpha value is -2.40. The zero-order chi connectivity index (χ0) is 15.4. The van der Waals surface area contributed by atoms with E-state index in [-0.39, 0.29) is 5.91 Å². The zero-order valence-electron chi connectivity index (χ0n) is 11.7. The fraction of sp³-hybridized carbons (Fsp3) is 0.125. The van der Waals surface area contributed by atoms with E-state index in [1.54, 1.807) is 18.2 Å². The molecule has 2 N–H and O–H groups in total. The number of benzene rings is 1. The lowest BCUT2D eigenvalue weighted by molar-refractivity contribution is -0.131. The van der Waals surface area contributed by atoms with Gasteiger partial charge in [-0.1, -0.05) is 12.1 Å². The topological polar surface area (TPSA) is 66.4 Å². The summed E-state index contributed by atoms with van der Waals surface area (Å²) in [7, 11) is 0. The van der Waals surface area contributed by atoms with Gasteiger partial charge in [-0.05, 0) is 49.2 Å². The van der Waals surface area contributed by atoms with Crippen LogP contribution in [0.3, 0.4) is 0 Å². The van der Waals surface area contributed by atoms with Gasteiger partial charge in [0.25, 0.3) is 5.91 Å². The van der Waals surface area contributed by atoms with Gasteiger partial charge in [0, 0.05) is 16.6 Å². The van der Waals surface area contributed by atoms with Gasteiger partial charge in [0.15, 0.2) is 0 Å². The summed E-state index contributed by atoms with van der Waals surface area (Å²) in [4.78, 5) is 24.4. The van der Waals surface area contributed by atoms with Crippen molar-refractivity contribution in [3.63, 3.8) is 0 Å². The van der Waals surface area contributed by atoms with Crippen LogP contribution in [0, 0.1) is 13.8 Å². The minimum absolute atomic E-state index is 0.157. The number of carbonyl (C=O) groups excluding carboxylic acids is 1. The minimum atomic E-state index is -1.00. The SMILES string of the molecule is Cc1ccc(C(=O)Nc2cc(C=CC(=O)O)ccc2C)s1. The van der Waals surface area contributed by atoms with Crippen LogP contribution in [0.4, 0.5) is 5.69 Å². The second kappa shape index (κ2) is 6.37. The molecular weight excluding hydrogens is 286 g/mol. The molecule has 2 aromatic rings. The highest BCUT2D eigenvalue weighted by Crippen LogP contribution is 2.21. The van der Waals surface area contributed by atoms with Crippen molar-refractivity contribution in [1.29, 1.82) is 0 Å². The first-order chi connectivity index (χ1) is 9.95. The van der Waals surface area contributed by atoms with E-state index in [1.807, 2.05) is 26.0 Å². The van der Waals surface area contributed by atoms with Gasteiger partial charge in [-0.2, -0.15) is 0 Å². The van der Waals surface area contributed by atoms with E-state index in [1.165, 1.54) is 17.4 Å². The average molecular weight is 301 g/mol. The lowest BCUT2D eigenvalue weighted by Gasteiger charge is -2.08. The number of nitrogens with one attached hydrogen (secondary N) is 1. The van der Waals surface area contributed by atoms with Crippen LogP contribution in [0.1, 0.15) is 25.7 Å². The molecule has 0 saturated carbocycles. The van der Waals surface area contributed by atoms with Gasteiger partial charge in [-0.25, -0.2) is 4.79 Å². The predicted octanol–water partition coefficient (Wildman–Crippen LogP) is 3.72. The van der Waals surface area contributed by atoms with Crippen molar-refractivity contribution in [2.24, 2.45) is 0 Å². The summed E-state index contributed by atoms with van der Waals surface area (Å²) >= 11 is 1.44. The van der Waals surface area contributed by atoms with Crippen LogP contribution in [0.2, 0.25) is 0 Å². The lowest BCUT2D eigenvalue weighted by atomic mass is 10.1. The summed E-state index contributed by atoms with van der Waals surface area (Å²) in [5.41, 5.74) is 2.32. The van der Waals surface area contributed by atoms with Crippen LogP contribution in [-0.4, -0.2) is 17.0 Å². The van der Waals surface area contributed by atoms with Gasteiger partial charge < -0.3 is 10.4 Å². The number of rotatable bonds is 4. The molecule has 0 fully saturated rings. The summed E-state index contributed by atoms with van der Waals surface area (Å²) in [5, 5.41) is 11.5. The Kier molecular flexibility index (Phi) is 4.55. The van der Waals surface area contributed by atoms with Crippen molar-refractivity contribution < 1.29 is 14.7 Å². The molecule has 1 heterocycles. The summed E-state index contributed by atoms with van der Waals surface area (Å²) < 4.78 is 0. The summed E-state index contributed by atoms with van der Waals surface area (Å²) in [6, 6.07) is 9.10. The molecule has 0 saturated heterocycles. The third-order valence-electron chi connectivity index (χ3n) is 2.89. The maximum atomic E-state index is 12.1. The number of carboxylic acids is 1. The van der Waals surface area contributed by atoms with E-state index < -0.39 is 5.97 Å². The highest BCUT2D eigenvalue weighted by Gasteiger charge is 2.10. The first-order valence-electron chi connectivity index (χ1n) is 6.35. The molecule has 0 bridgehead atoms. The average Bonchev–Trinajstić information content (AvgIpc) is 2.86. The first-order valence-corrected chi connectivity index (χ1v) is 7.17. The van der Waals surface area contributed by atoms with Gasteiger partial charge in [0.1, 0.15) is 0 Å². The zero-order valence-corrected chi connectivity index (χ0v) is 12.5. The molecule has 0 radical (unpaired) electrons. The monoisotopic (exact) mass is 301 g/mol. The summed E-state index contributed by atoms with van der Waals surface area (Å²) in [6.45, 7) is 3.84. The number of hydrogen-bond acceptors (Lipinski definition) is 3. The number of aryl methyl sites for hydroxylation is 2. The Morgan fingerprint density at radius 2 is 1.95 bits per heavy atom. The van der Waals surface area contributed by atoms with Crippen molar-refractivity contribution in [2.45, 2.75) is 13.8 Å². The fourth-order valence-electron chi connectivity index (χ4n) is 1.79. The van der Waals surface area contributed by atoms with E-state index in [0.29, 0.717) is 10.6 Å². The lowest BCUT2D eigenvalue weighted by Crippen LogP contribution is -2.11. The van der Waals surface area contributed by atoms with Crippen LogP contribution in [0.5, 0.6) is 0 Å². The molecule has 2 rings (SSSR count). The van der Waals surface area contributed by atoms with Gasteiger partial charge in [-0.3, -0.25) is 4.79 Å². The molecule has 0 atom stereocenters. The van der Waals surface area contributed by atoms with Crippen LogP contribution >= 0.6 is 11.3 Å². The van der Waals surface area contributed by atoms with Crippen LogP contribution < -0.4 is 5.32 Å². The smallest absolute Gasteiger partial charge is 0.328 e. The van der Waals surface area contributed by atoms with Crippen LogP contribution in [0.25, 0.3) is 6.08 Å². The number of thiophene rings is 1. The summed E-state index contributed by atoms with van der Waals surface area (Å²) in [6.07, 6.45) is 2.56. The predicted molar refractivity (Wildman–Crippen MR) is 84.9 cm³/mol. The molecule has 5 heteroatoms. The molecule has 0 unspecified atom stereocenters. The molecule has 4 nitrogen and oxygen atoms in total. The number of carbonyl (C=O) groups is 2. The molecule has 1 aromatic heterocycles. The van der Waals surface area contributed by atoms with Crippen LogP contribution in [0.15, 0.2) is 36.4 Å². The van der Waals surface area contributed by atoms with E-state index >= 15 is 0 Å². The van der Waals surface area contributed by atoms with Crippen molar-refractivity contribution in [2.75, 3.05) is 5.32 Å². The molecular formula is C16H15NO3S. The van der Waals surface area contributed by atoms with E-state index in [4.69, 9.17) is 5.11 Å². The number of aliphatic carboxylic acids is 1. The second-order valence-corrected chi connectivity index (χ2v) is 5.90. The minimum Gasteiger partial charge on any atom is -0.478 e. The van der Waals surface area contributed by atoms with Crippen LogP contribution in [-0.2, 0) is 4.79 Å². The maximum Gasteiger partial charge on any atom is 0.328 e. The maximum absolute atomic E-state index is 12.1. The molecule has 1 amide bonds. The Morgan fingerprint density at radius 3 is 2.57 bits per heavy atom. The number of amides is 1. The summed E-state index contributed by atoms with van der Waals surface area (Å²) in [5.74, 6) is -1.16. The number of carboxylic acid groups (broad SMARTS) is 1. The first kappa shape index (κ1) is 15.0. The van der Waals surface area contributed by atoms with Gasteiger partial charge in [-0.15, -0.1) is 11.3 Å². The van der Waals surface area contributed by atoms with Gasteiger partial charge >= 0.3 is 5.97 Å². The third kappa shape index (κ3) is 4.03. The second-order valence-electron chi connectivity index (χ2n) is 4.61. The third-order valence-corrected chi connectivity index (χ3v) is 3.89. The van der Waals surface area contributed by atoms with Gasteiger partial charge in [0.05, 0.1) is 4.88 Å². The molecule has 108 valence electrons. The van der Waals surface area contributed by atoms with Crippen molar-refractivity contribution >= 4 is 35.0 Å². The van der Waals surface area contributed by atoms with Gasteiger partial charge in [0.2, 0.25) is 0 Å². The number of anilines is 1. The normalized spacial score (nSPS) is 10.8. The van der Waals surface area contributed by atoms with Crippen molar-refractivity contribution in [3.8, 4) is 0 Å². The Balaban J connectivity index is 2.21. The standard InChI is InChI=1S/C16H15NO3S/c1-10-3-5-12(6-8-15(18)19)9-13(10)17-16(20)14-7-4-11(2)21-14/h3-9H,1-2H3,(H,17,20)(H,18,19). The Morgan fingerprint density at radius 1 is 1.19 bits per heavy atom. The Bertz CT molecular complexity index is 716. The van der Waals surface area contributed by atoms with Crippen molar-refractivity contribution in [1.82, 2.24) is 0 Å².